The van der Waals surface area contributed by atoms with Crippen molar-refractivity contribution in [2.75, 3.05) is 13.2 Å². The molecule has 0 bridgehead atoms. The molecule has 1 aliphatic heterocycles. The van der Waals surface area contributed by atoms with E-state index in [1.54, 1.807) is 12.4 Å². The van der Waals surface area contributed by atoms with Gasteiger partial charge >= 0.3 is 5.76 Å². The third-order valence-corrected chi connectivity index (χ3v) is 7.50. The van der Waals surface area contributed by atoms with Crippen molar-refractivity contribution in [2.24, 2.45) is 10.9 Å². The van der Waals surface area contributed by atoms with E-state index < -0.39 is 5.76 Å². The fourth-order valence-corrected chi connectivity index (χ4v) is 5.26. The summed E-state index contributed by atoms with van der Waals surface area (Å²) < 4.78 is 10.3. The second-order valence-corrected chi connectivity index (χ2v) is 10.7. The van der Waals surface area contributed by atoms with Gasteiger partial charge in [-0.05, 0) is 50.7 Å². The first-order chi connectivity index (χ1) is 21.1. The van der Waals surface area contributed by atoms with Crippen LogP contribution in [-0.2, 0) is 11.3 Å². The van der Waals surface area contributed by atoms with E-state index in [2.05, 4.69) is 31.1 Å². The summed E-state index contributed by atoms with van der Waals surface area (Å²) in [7, 11) is 0. The molecule has 4 heterocycles. The lowest BCUT2D eigenvalue weighted by atomic mass is 10.0. The fourth-order valence-electron chi connectivity index (χ4n) is 5.26. The number of rotatable bonds is 13. The SMILES string of the molecule is CCOc1cnc(C2=C(CCCCC=O)N=C(C3CC3)N(Cc3ccc(-c4ccccc4-c4noc(=O)[nH]4)nc3)C2)nc1. The number of pyridine rings is 1. The van der Waals surface area contributed by atoms with Crippen LogP contribution in [0.5, 0.6) is 5.75 Å². The fraction of sp³-hybridized carbons (Fsp3) is 0.344. The quantitative estimate of drug-likeness (QED) is 0.170. The van der Waals surface area contributed by atoms with Crippen molar-refractivity contribution in [3.63, 3.8) is 0 Å². The number of unbranched alkanes of at least 4 members (excludes halogenated alkanes) is 2. The Morgan fingerprint density at radius 2 is 1.86 bits per heavy atom. The zero-order chi connectivity index (χ0) is 29.6. The molecule has 0 spiro atoms. The number of allylic oxidation sites excluding steroid dienone is 1. The van der Waals surface area contributed by atoms with Crippen molar-refractivity contribution in [3.8, 4) is 28.4 Å². The molecule has 11 nitrogen and oxygen atoms in total. The Hall–Kier alpha value is -4.93. The second-order valence-electron chi connectivity index (χ2n) is 10.7. The molecule has 1 N–H and O–H groups in total. The predicted octanol–water partition coefficient (Wildman–Crippen LogP) is 5.08. The van der Waals surface area contributed by atoms with Crippen LogP contribution in [0, 0.1) is 5.92 Å². The third-order valence-electron chi connectivity index (χ3n) is 7.50. The van der Waals surface area contributed by atoms with Crippen LogP contribution in [-0.4, -0.2) is 55.3 Å². The molecule has 0 saturated heterocycles. The maximum absolute atomic E-state index is 11.5. The number of aromatic nitrogens is 5. The van der Waals surface area contributed by atoms with Crippen LogP contribution in [0.4, 0.5) is 0 Å². The maximum atomic E-state index is 11.5. The van der Waals surface area contributed by atoms with Gasteiger partial charge in [0, 0.05) is 48.3 Å². The van der Waals surface area contributed by atoms with Crippen LogP contribution in [0.15, 0.2) is 75.0 Å². The zero-order valence-corrected chi connectivity index (χ0v) is 24.0. The van der Waals surface area contributed by atoms with Gasteiger partial charge in [-0.25, -0.2) is 19.8 Å². The molecule has 4 aromatic rings. The topological polar surface area (TPSA) is 139 Å². The summed E-state index contributed by atoms with van der Waals surface area (Å²) >= 11 is 0. The highest BCUT2D eigenvalue weighted by atomic mass is 16.5. The highest BCUT2D eigenvalue weighted by molar-refractivity contribution is 5.92. The number of aliphatic imine (C=N–C) groups is 1. The Bertz CT molecular complexity index is 1690. The van der Waals surface area contributed by atoms with E-state index in [1.165, 1.54) is 0 Å². The number of benzene rings is 1. The number of nitrogens with zero attached hydrogens (tertiary/aromatic N) is 6. The van der Waals surface area contributed by atoms with E-state index in [-0.39, 0.29) is 0 Å². The molecule has 1 aromatic carbocycles. The molecule has 1 aliphatic carbocycles. The monoisotopic (exact) mass is 579 g/mol. The summed E-state index contributed by atoms with van der Waals surface area (Å²) in [5.41, 5.74) is 5.39. The number of nitrogens with one attached hydrogen (secondary N) is 1. The summed E-state index contributed by atoms with van der Waals surface area (Å²) in [6.45, 7) is 3.75. The minimum Gasteiger partial charge on any atom is -0.491 e. The van der Waals surface area contributed by atoms with Gasteiger partial charge in [-0.2, -0.15) is 0 Å². The van der Waals surface area contributed by atoms with Crippen LogP contribution in [0.3, 0.4) is 0 Å². The minimum absolute atomic E-state index is 0.364. The lowest BCUT2D eigenvalue weighted by molar-refractivity contribution is -0.107. The van der Waals surface area contributed by atoms with Crippen LogP contribution < -0.4 is 10.5 Å². The summed E-state index contributed by atoms with van der Waals surface area (Å²) in [5.74, 6) is 2.59. The number of aromatic amines is 1. The lowest BCUT2D eigenvalue weighted by Crippen LogP contribution is -2.36. The number of carbonyl (C=O) groups is 1. The second kappa shape index (κ2) is 12.9. The molecule has 11 heteroatoms. The third kappa shape index (κ3) is 6.61. The number of ether oxygens (including phenoxy) is 1. The first-order valence-electron chi connectivity index (χ1n) is 14.7. The molecule has 1 saturated carbocycles. The Labute approximate surface area is 248 Å². The molecule has 6 rings (SSSR count). The van der Waals surface area contributed by atoms with Gasteiger partial charge in [0.25, 0.3) is 0 Å². The van der Waals surface area contributed by atoms with E-state index in [0.29, 0.717) is 49.4 Å². The molecule has 43 heavy (non-hydrogen) atoms. The van der Waals surface area contributed by atoms with Gasteiger partial charge in [0.05, 0.1) is 30.4 Å². The highest BCUT2D eigenvalue weighted by Crippen LogP contribution is 2.38. The first kappa shape index (κ1) is 28.2. The number of carbonyl (C=O) groups excluding carboxylic acids is 1. The summed E-state index contributed by atoms with van der Waals surface area (Å²) in [5, 5.41) is 3.85. The van der Waals surface area contributed by atoms with Crippen LogP contribution in [0.25, 0.3) is 28.2 Å². The Kier molecular flexibility index (Phi) is 8.48. The van der Waals surface area contributed by atoms with Crippen molar-refractivity contribution in [3.05, 3.63) is 82.6 Å². The number of hydrogen-bond donors (Lipinski definition) is 1. The number of hydrogen-bond acceptors (Lipinski definition) is 10. The zero-order valence-electron chi connectivity index (χ0n) is 24.0. The van der Waals surface area contributed by atoms with Gasteiger partial charge in [0.2, 0.25) is 0 Å². The van der Waals surface area contributed by atoms with Gasteiger partial charge in [-0.1, -0.05) is 35.5 Å². The van der Waals surface area contributed by atoms with Gasteiger partial charge in [-0.15, -0.1) is 0 Å². The van der Waals surface area contributed by atoms with Gasteiger partial charge in [-0.3, -0.25) is 14.5 Å². The Morgan fingerprint density at radius 1 is 1.05 bits per heavy atom. The van der Waals surface area contributed by atoms with Crippen molar-refractivity contribution in [2.45, 2.75) is 52.0 Å². The molecule has 0 unspecified atom stereocenters. The molecule has 0 radical (unpaired) electrons. The Morgan fingerprint density at radius 3 is 2.53 bits per heavy atom. The molecule has 3 aromatic heterocycles. The number of H-pyrrole nitrogens is 1. The Balaban J connectivity index is 1.26. The standard InChI is InChI=1S/C32H33N7O4/c1-2-42-23-17-34-29(35-18-23)26-20-39(31(22-12-13-22)36-28(26)10-4-3-7-15-40)19-21-11-14-27(33-16-21)24-8-5-6-9-25(24)30-37-32(41)43-38-30/h5-6,8-9,11,14-18,22H,2-4,7,10,12-13,19-20H2,1H3,(H,37,38,41). The molecule has 220 valence electrons. The smallest absolute Gasteiger partial charge is 0.439 e. The van der Waals surface area contributed by atoms with E-state index in [9.17, 15) is 9.59 Å². The highest BCUT2D eigenvalue weighted by Gasteiger charge is 2.35. The molecular weight excluding hydrogens is 546 g/mol. The molecule has 1 fully saturated rings. The largest absolute Gasteiger partial charge is 0.491 e. The minimum atomic E-state index is -0.601. The summed E-state index contributed by atoms with van der Waals surface area (Å²) in [6.07, 6.45) is 11.6. The van der Waals surface area contributed by atoms with Crippen molar-refractivity contribution >= 4 is 17.7 Å². The maximum Gasteiger partial charge on any atom is 0.439 e. The average Bonchev–Trinajstić information content (AvgIpc) is 3.80. The van der Waals surface area contributed by atoms with E-state index in [0.717, 1.165) is 77.9 Å². The number of amidine groups is 1. The lowest BCUT2D eigenvalue weighted by Gasteiger charge is -2.32. The molecule has 0 atom stereocenters. The molecule has 2 aliphatic rings. The summed E-state index contributed by atoms with van der Waals surface area (Å²) in [4.78, 5) is 46.6. The average molecular weight is 580 g/mol. The van der Waals surface area contributed by atoms with Gasteiger partial charge in [0.15, 0.2) is 17.4 Å². The summed E-state index contributed by atoms with van der Waals surface area (Å²) in [6, 6.07) is 11.7. The van der Waals surface area contributed by atoms with Crippen molar-refractivity contribution in [1.82, 2.24) is 30.0 Å². The van der Waals surface area contributed by atoms with E-state index in [4.69, 9.17) is 19.2 Å². The van der Waals surface area contributed by atoms with Crippen LogP contribution in [0.2, 0.25) is 0 Å². The first-order valence-corrected chi connectivity index (χ1v) is 14.7. The van der Waals surface area contributed by atoms with Gasteiger partial charge < -0.3 is 14.4 Å². The van der Waals surface area contributed by atoms with Gasteiger partial charge in [0.1, 0.15) is 12.1 Å². The van der Waals surface area contributed by atoms with Crippen molar-refractivity contribution in [1.29, 1.82) is 0 Å². The predicted molar refractivity (Wildman–Crippen MR) is 161 cm³/mol. The normalized spacial score (nSPS) is 15.0. The van der Waals surface area contributed by atoms with Crippen LogP contribution >= 0.6 is 0 Å². The van der Waals surface area contributed by atoms with Crippen LogP contribution in [0.1, 0.15) is 56.8 Å². The molecular formula is C32H33N7O4. The number of aldehydes is 1. The molecule has 0 amide bonds. The van der Waals surface area contributed by atoms with E-state index >= 15 is 0 Å². The van der Waals surface area contributed by atoms with Crippen molar-refractivity contribution < 1.29 is 14.1 Å². The van der Waals surface area contributed by atoms with E-state index in [1.807, 2.05) is 43.5 Å².